The third-order valence-corrected chi connectivity index (χ3v) is 8.46. The Balaban J connectivity index is 1.45. The predicted octanol–water partition coefficient (Wildman–Crippen LogP) is 3.60. The van der Waals surface area contributed by atoms with Crippen LogP contribution in [0.25, 0.3) is 22.2 Å². The van der Waals surface area contributed by atoms with E-state index in [0.717, 1.165) is 55.7 Å². The summed E-state index contributed by atoms with van der Waals surface area (Å²) in [6, 6.07) is 5.60. The normalized spacial score (nSPS) is 18.7. The van der Waals surface area contributed by atoms with Crippen molar-refractivity contribution in [2.75, 3.05) is 50.1 Å². The Morgan fingerprint density at radius 1 is 1.07 bits per heavy atom. The number of fused-ring (bicyclic) bond motifs is 7. The van der Waals surface area contributed by atoms with Crippen LogP contribution in [0.5, 0.6) is 5.88 Å². The van der Waals surface area contributed by atoms with Gasteiger partial charge in [0, 0.05) is 53.0 Å². The topological polar surface area (TPSA) is 102 Å². The van der Waals surface area contributed by atoms with E-state index in [4.69, 9.17) is 21.3 Å². The Morgan fingerprint density at radius 3 is 2.63 bits per heavy atom. The molecule has 0 spiro atoms. The van der Waals surface area contributed by atoms with Gasteiger partial charge in [-0.25, -0.2) is 9.67 Å². The smallest absolute Gasteiger partial charge is 0.259 e. The highest BCUT2D eigenvalue weighted by atomic mass is 35.5. The van der Waals surface area contributed by atoms with Crippen LogP contribution in [0.4, 0.5) is 11.6 Å². The number of ether oxygens (including phenoxy) is 1. The highest BCUT2D eigenvalue weighted by molar-refractivity contribution is 6.38. The van der Waals surface area contributed by atoms with Crippen molar-refractivity contribution in [3.63, 3.8) is 0 Å². The molecule has 2 bridgehead atoms. The maximum absolute atomic E-state index is 13.7. The summed E-state index contributed by atoms with van der Waals surface area (Å²) >= 11 is 7.12. The molecule has 11 nitrogen and oxygen atoms in total. The molecule has 1 fully saturated rings. The van der Waals surface area contributed by atoms with Crippen molar-refractivity contribution in [3.8, 4) is 17.0 Å². The number of rotatable bonds is 1. The Morgan fingerprint density at radius 2 is 1.85 bits per heavy atom. The minimum absolute atomic E-state index is 0.243. The molecule has 6 rings (SSSR count). The first kappa shape index (κ1) is 27.3. The number of hydrogen-bond acceptors (Lipinski definition) is 7. The van der Waals surface area contributed by atoms with E-state index in [1.54, 1.807) is 31.0 Å². The highest BCUT2D eigenvalue weighted by Crippen LogP contribution is 2.37. The largest absolute Gasteiger partial charge is 0.477 e. The van der Waals surface area contributed by atoms with Gasteiger partial charge in [0.25, 0.3) is 11.5 Å². The van der Waals surface area contributed by atoms with Crippen LogP contribution in [0.15, 0.2) is 35.4 Å². The van der Waals surface area contributed by atoms with Crippen molar-refractivity contribution in [2.45, 2.75) is 26.3 Å². The van der Waals surface area contributed by atoms with Gasteiger partial charge >= 0.3 is 0 Å². The molecule has 216 valence electrons. The number of piperazine rings is 1. The van der Waals surface area contributed by atoms with E-state index in [1.165, 1.54) is 10.8 Å². The van der Waals surface area contributed by atoms with Crippen LogP contribution in [0.3, 0.4) is 0 Å². The predicted molar refractivity (Wildman–Crippen MR) is 160 cm³/mol. The highest BCUT2D eigenvalue weighted by Gasteiger charge is 2.25. The molecular formula is C29H35ClN8O3. The Labute approximate surface area is 243 Å². The molecule has 41 heavy (non-hydrogen) atoms. The van der Waals surface area contributed by atoms with Gasteiger partial charge in [0.15, 0.2) is 0 Å². The quantitative estimate of drug-likeness (QED) is 0.368. The van der Waals surface area contributed by atoms with E-state index in [2.05, 4.69) is 34.2 Å². The molecule has 2 aliphatic heterocycles. The van der Waals surface area contributed by atoms with E-state index in [1.807, 2.05) is 16.7 Å². The maximum atomic E-state index is 13.7. The average Bonchev–Trinajstić information content (AvgIpc) is 3.48. The molecule has 1 amide bonds. The number of aryl methyl sites for hydroxylation is 2. The van der Waals surface area contributed by atoms with E-state index < -0.39 is 0 Å². The van der Waals surface area contributed by atoms with Gasteiger partial charge in [-0.3, -0.25) is 14.9 Å². The van der Waals surface area contributed by atoms with Crippen LogP contribution >= 0.6 is 11.6 Å². The van der Waals surface area contributed by atoms with Gasteiger partial charge in [0.05, 0.1) is 51.2 Å². The molecule has 0 unspecified atom stereocenters. The number of amides is 1. The van der Waals surface area contributed by atoms with E-state index in [9.17, 15) is 9.59 Å². The van der Waals surface area contributed by atoms with Crippen molar-refractivity contribution < 1.29 is 9.53 Å². The van der Waals surface area contributed by atoms with Crippen molar-refractivity contribution in [3.05, 3.63) is 51.5 Å². The first-order chi connectivity index (χ1) is 19.7. The number of benzene rings is 1. The SMILES string of the molecule is C[C@@H]1CCCOc2c(cnn2C)-c2cc(cn(C)c2=O)C(=O)Nc2nc3ccc(N4CCN(C)CC4)c(Cl)c3n2C1. The molecule has 1 aromatic carbocycles. The van der Waals surface area contributed by atoms with Gasteiger partial charge in [-0.2, -0.15) is 5.10 Å². The average molecular weight is 579 g/mol. The number of hydrogen-bond donors (Lipinski definition) is 1. The summed E-state index contributed by atoms with van der Waals surface area (Å²) in [5.41, 5.74) is 3.50. The number of carbonyl (C=O) groups excluding carboxylic acids is 1. The van der Waals surface area contributed by atoms with Crippen molar-refractivity contribution in [1.82, 2.24) is 28.8 Å². The number of imidazole rings is 1. The number of aromatic nitrogens is 5. The standard InChI is InChI=1S/C29H35ClN8O3/c1-18-6-5-13-41-28-21(15-31-36(28)4)20-14-19(17-35(3)27(20)40)26(39)33-29-32-22-7-8-23(24(30)25(22)38(29)16-18)37-11-9-34(2)10-12-37/h7-8,14-15,17-18H,5-6,9-13,16H2,1-4H3,(H,32,33,39)/t18-/m1/s1. The molecule has 0 radical (unpaired) electrons. The minimum atomic E-state index is -0.372. The van der Waals surface area contributed by atoms with Gasteiger partial charge < -0.3 is 23.7 Å². The van der Waals surface area contributed by atoms with Crippen molar-refractivity contribution in [2.24, 2.45) is 20.0 Å². The molecule has 2 aliphatic rings. The molecule has 1 atom stereocenters. The lowest BCUT2D eigenvalue weighted by atomic mass is 10.1. The van der Waals surface area contributed by atoms with Crippen molar-refractivity contribution >= 4 is 40.2 Å². The van der Waals surface area contributed by atoms with Crippen LogP contribution in [0, 0.1) is 5.92 Å². The molecule has 5 heterocycles. The zero-order valence-corrected chi connectivity index (χ0v) is 24.6. The lowest BCUT2D eigenvalue weighted by molar-refractivity contribution is 0.102. The summed E-state index contributed by atoms with van der Waals surface area (Å²) in [5.74, 6) is 0.808. The number of anilines is 2. The summed E-state index contributed by atoms with van der Waals surface area (Å²) in [5, 5.41) is 7.98. The van der Waals surface area contributed by atoms with Gasteiger partial charge in [-0.1, -0.05) is 18.5 Å². The number of nitrogens with zero attached hydrogens (tertiary/aromatic N) is 7. The first-order valence-corrected chi connectivity index (χ1v) is 14.4. The van der Waals surface area contributed by atoms with Gasteiger partial charge in [-0.15, -0.1) is 0 Å². The van der Waals surface area contributed by atoms with Gasteiger partial charge in [-0.05, 0) is 44.0 Å². The summed E-state index contributed by atoms with van der Waals surface area (Å²) < 4.78 is 11.2. The lowest BCUT2D eigenvalue weighted by Crippen LogP contribution is -2.44. The monoisotopic (exact) mass is 578 g/mol. The molecule has 12 heteroatoms. The zero-order chi connectivity index (χ0) is 28.8. The molecule has 0 saturated carbocycles. The van der Waals surface area contributed by atoms with Crippen LogP contribution in [0.2, 0.25) is 5.02 Å². The number of likely N-dealkylation sites (N-methyl/N-ethyl adjacent to an activating group) is 1. The summed E-state index contributed by atoms with van der Waals surface area (Å²) in [6.07, 6.45) is 4.82. The molecule has 1 saturated heterocycles. The Bertz CT molecular complexity index is 1680. The van der Waals surface area contributed by atoms with Gasteiger partial charge in [0.2, 0.25) is 11.8 Å². The van der Waals surface area contributed by atoms with Crippen LogP contribution in [0.1, 0.15) is 30.1 Å². The van der Waals surface area contributed by atoms with E-state index in [0.29, 0.717) is 46.7 Å². The maximum Gasteiger partial charge on any atom is 0.259 e. The lowest BCUT2D eigenvalue weighted by Gasteiger charge is -2.34. The van der Waals surface area contributed by atoms with Crippen LogP contribution in [-0.4, -0.2) is 74.5 Å². The molecule has 4 aromatic rings. The first-order valence-electron chi connectivity index (χ1n) is 14.0. The summed E-state index contributed by atoms with van der Waals surface area (Å²) in [7, 11) is 5.54. The zero-order valence-electron chi connectivity index (χ0n) is 23.9. The summed E-state index contributed by atoms with van der Waals surface area (Å²) in [4.78, 5) is 36.2. The number of halogens is 1. The fraction of sp³-hybridized carbons (Fsp3) is 0.448. The second-order valence-electron chi connectivity index (χ2n) is 11.2. The third-order valence-electron chi connectivity index (χ3n) is 8.09. The Hall–Kier alpha value is -3.83. The summed E-state index contributed by atoms with van der Waals surface area (Å²) in [6.45, 7) is 6.99. The van der Waals surface area contributed by atoms with Gasteiger partial charge in [0.1, 0.15) is 0 Å². The van der Waals surface area contributed by atoms with E-state index in [-0.39, 0.29) is 17.4 Å². The number of nitrogens with one attached hydrogen (secondary N) is 1. The van der Waals surface area contributed by atoms with Crippen LogP contribution < -0.4 is 20.5 Å². The third kappa shape index (κ3) is 5.08. The molecule has 1 N–H and O–H groups in total. The number of pyridine rings is 1. The Kier molecular flexibility index (Phi) is 7.25. The van der Waals surface area contributed by atoms with Crippen molar-refractivity contribution in [1.29, 1.82) is 0 Å². The second kappa shape index (κ2) is 10.9. The fourth-order valence-electron chi connectivity index (χ4n) is 5.72. The second-order valence-corrected chi connectivity index (χ2v) is 11.6. The molecule has 3 aromatic heterocycles. The molecule has 0 aliphatic carbocycles. The minimum Gasteiger partial charge on any atom is -0.477 e. The van der Waals surface area contributed by atoms with E-state index >= 15 is 0 Å². The fourth-order valence-corrected chi connectivity index (χ4v) is 6.11. The van der Waals surface area contributed by atoms with Crippen LogP contribution in [-0.2, 0) is 20.6 Å². The number of carbonyl (C=O) groups is 1. The molecular weight excluding hydrogens is 544 g/mol.